The Hall–Kier alpha value is -12.1. The summed E-state index contributed by atoms with van der Waals surface area (Å²) in [5.41, 5.74) is 31.5. The van der Waals surface area contributed by atoms with E-state index in [1.807, 2.05) is 0 Å². The first-order chi connectivity index (χ1) is 45.6. The van der Waals surface area contributed by atoms with Crippen LogP contribution in [-0.4, -0.2) is 8.80 Å². The monoisotopic (exact) mass is 1160 g/mol. The molecule has 0 bridgehead atoms. The van der Waals surface area contributed by atoms with E-state index in [1.165, 1.54) is 187 Å². The molecule has 0 aliphatic carbocycles. The van der Waals surface area contributed by atoms with Crippen molar-refractivity contribution in [3.05, 3.63) is 340 Å². The Kier molecular flexibility index (Phi) is 11.7. The molecule has 0 unspecified atom stereocenters. The van der Waals surface area contributed by atoms with Crippen LogP contribution in [0.25, 0.3) is 187 Å². The van der Waals surface area contributed by atoms with Crippen LogP contribution in [0.3, 0.4) is 0 Å². The second kappa shape index (κ2) is 20.8. The number of nitrogens with zero attached hydrogens (tertiary/aromatic N) is 2. The van der Waals surface area contributed by atoms with Crippen molar-refractivity contribution in [1.82, 2.24) is 8.80 Å². The fourth-order valence-corrected chi connectivity index (χ4v) is 15.0. The minimum atomic E-state index is 1.18. The van der Waals surface area contributed by atoms with Gasteiger partial charge in [-0.2, -0.15) is 0 Å². The van der Waals surface area contributed by atoms with Crippen LogP contribution < -0.4 is 0 Å². The summed E-state index contributed by atoms with van der Waals surface area (Å²) in [7, 11) is 0. The van der Waals surface area contributed by atoms with Gasteiger partial charge < -0.3 is 8.80 Å². The molecule has 0 N–H and O–H groups in total. The van der Waals surface area contributed by atoms with Gasteiger partial charge in [-0.25, -0.2) is 0 Å². The molecule has 19 rings (SSSR count). The highest BCUT2D eigenvalue weighted by Gasteiger charge is 2.23. The lowest BCUT2D eigenvalue weighted by Crippen LogP contribution is -1.86. The zero-order valence-corrected chi connectivity index (χ0v) is 50.2. The highest BCUT2D eigenvalue weighted by molar-refractivity contribution is 6.26. The van der Waals surface area contributed by atoms with E-state index in [9.17, 15) is 0 Å². The largest absolute Gasteiger partial charge is 0.308 e. The summed E-state index contributed by atoms with van der Waals surface area (Å²) in [4.78, 5) is 0. The third-order valence-electron chi connectivity index (χ3n) is 19.6. The molecule has 0 amide bonds. The highest BCUT2D eigenvalue weighted by atomic mass is 14.9. The van der Waals surface area contributed by atoms with Crippen LogP contribution in [0, 0.1) is 0 Å². The Morgan fingerprint density at radius 1 is 0.120 bits per heavy atom. The van der Waals surface area contributed by atoms with E-state index in [2.05, 4.69) is 349 Å². The molecule has 0 aliphatic rings. The molecular formula is C90H56N2. The average Bonchev–Trinajstić information content (AvgIpc) is 1.56. The van der Waals surface area contributed by atoms with Gasteiger partial charge in [0.2, 0.25) is 0 Å². The Bertz CT molecular complexity index is 6070. The van der Waals surface area contributed by atoms with Gasteiger partial charge in [0, 0.05) is 43.1 Å². The Balaban J connectivity index is 0.675. The first kappa shape index (κ1) is 51.9. The first-order valence-corrected chi connectivity index (χ1v) is 31.9. The molecule has 2 nitrogen and oxygen atoms in total. The van der Waals surface area contributed by atoms with Crippen molar-refractivity contribution in [2.24, 2.45) is 0 Å². The van der Waals surface area contributed by atoms with Crippen molar-refractivity contribution in [3.8, 4) is 111 Å². The van der Waals surface area contributed by atoms with Gasteiger partial charge in [-0.15, -0.1) is 0 Å². The zero-order valence-electron chi connectivity index (χ0n) is 50.2. The number of hydrogen-bond donors (Lipinski definition) is 0. The number of hydrogen-bond acceptors (Lipinski definition) is 0. The average molecular weight is 1170 g/mol. The van der Waals surface area contributed by atoms with Crippen molar-refractivity contribution >= 4 is 76.2 Å². The first-order valence-electron chi connectivity index (χ1n) is 31.9. The topological polar surface area (TPSA) is 8.82 Å². The Morgan fingerprint density at radius 2 is 0.326 bits per heavy atom. The zero-order chi connectivity index (χ0) is 60.4. The fourth-order valence-electron chi connectivity index (χ4n) is 15.0. The molecule has 0 saturated carbocycles. The van der Waals surface area contributed by atoms with Gasteiger partial charge in [0.15, 0.2) is 0 Å². The van der Waals surface area contributed by atoms with E-state index in [4.69, 9.17) is 0 Å². The maximum Gasteiger partial charge on any atom is 0.0620 e. The van der Waals surface area contributed by atoms with Gasteiger partial charge in [0.1, 0.15) is 0 Å². The number of aromatic nitrogens is 2. The van der Waals surface area contributed by atoms with E-state index < -0.39 is 0 Å². The maximum absolute atomic E-state index is 2.51. The molecule has 4 aromatic heterocycles. The van der Waals surface area contributed by atoms with Crippen LogP contribution in [-0.2, 0) is 0 Å². The summed E-state index contributed by atoms with van der Waals surface area (Å²) in [6, 6.07) is 126. The lowest BCUT2D eigenvalue weighted by atomic mass is 9.93. The number of rotatable bonds is 10. The third kappa shape index (κ3) is 8.42. The maximum atomic E-state index is 2.51. The predicted octanol–water partition coefficient (Wildman–Crippen LogP) is 24.7. The van der Waals surface area contributed by atoms with Crippen molar-refractivity contribution < 1.29 is 0 Å². The quantitative estimate of drug-likeness (QED) is 0.129. The second-order valence-corrected chi connectivity index (χ2v) is 24.8. The van der Waals surface area contributed by atoms with E-state index >= 15 is 0 Å². The molecule has 4 heterocycles. The lowest BCUT2D eigenvalue weighted by molar-refractivity contribution is 1.37. The van der Waals surface area contributed by atoms with E-state index in [0.717, 1.165) is 0 Å². The van der Waals surface area contributed by atoms with Gasteiger partial charge in [0.25, 0.3) is 0 Å². The summed E-state index contributed by atoms with van der Waals surface area (Å²) in [6.07, 6.45) is 0. The molecule has 92 heavy (non-hydrogen) atoms. The van der Waals surface area contributed by atoms with Crippen molar-refractivity contribution in [2.75, 3.05) is 0 Å². The number of para-hydroxylation sites is 1. The summed E-state index contributed by atoms with van der Waals surface area (Å²) in [5.74, 6) is 0. The minimum Gasteiger partial charge on any atom is -0.308 e. The van der Waals surface area contributed by atoms with Crippen LogP contribution >= 0.6 is 0 Å². The van der Waals surface area contributed by atoms with Crippen molar-refractivity contribution in [1.29, 1.82) is 0 Å². The molecule has 426 valence electrons. The predicted molar refractivity (Wildman–Crippen MR) is 390 cm³/mol. The molecular weight excluding hydrogens is 1110 g/mol. The lowest BCUT2D eigenvalue weighted by Gasteiger charge is -2.11. The molecule has 0 radical (unpaired) electrons. The van der Waals surface area contributed by atoms with Crippen LogP contribution in [0.15, 0.2) is 340 Å². The van der Waals surface area contributed by atoms with E-state index in [-0.39, 0.29) is 0 Å². The summed E-state index contributed by atoms with van der Waals surface area (Å²) >= 11 is 0. The highest BCUT2D eigenvalue weighted by Crippen LogP contribution is 2.47. The van der Waals surface area contributed by atoms with Gasteiger partial charge >= 0.3 is 0 Å². The second-order valence-electron chi connectivity index (χ2n) is 24.8. The summed E-state index contributed by atoms with van der Waals surface area (Å²) < 4.78 is 4.99. The molecule has 2 heteroatoms. The molecule has 0 atom stereocenters. The molecule has 0 aliphatic heterocycles. The molecule has 15 aromatic carbocycles. The summed E-state index contributed by atoms with van der Waals surface area (Å²) in [5, 5.41) is 10.1. The van der Waals surface area contributed by atoms with Gasteiger partial charge in [-0.05, 0) is 202 Å². The summed E-state index contributed by atoms with van der Waals surface area (Å²) in [6.45, 7) is 0. The van der Waals surface area contributed by atoms with Crippen molar-refractivity contribution in [3.63, 3.8) is 0 Å². The van der Waals surface area contributed by atoms with Gasteiger partial charge in [0.05, 0.1) is 33.1 Å². The van der Waals surface area contributed by atoms with Crippen LogP contribution in [0.5, 0.6) is 0 Å². The smallest absolute Gasteiger partial charge is 0.0620 e. The molecule has 0 saturated heterocycles. The Labute approximate surface area is 532 Å². The SMILES string of the molecule is c1ccc(-c2ccc(-c3cc4c5ccccc5n5c6ccc(-c7cccc(-c8cccc(-c9cccc(-c%10ccc%11c(c%10)c%10cc(-c%12ccc(-c%13ccccc%13)cc%12)cc%12c%13cc(-c%14cccc(-c%15ccccc%15)c%14)ccc%13n%11c%12%10)c9)c8)c7)cc6c(c3)c45)cc2)cc1. The molecule has 0 fully saturated rings. The van der Waals surface area contributed by atoms with E-state index in [1.54, 1.807) is 0 Å². The Morgan fingerprint density at radius 3 is 0.663 bits per heavy atom. The van der Waals surface area contributed by atoms with Crippen LogP contribution in [0.1, 0.15) is 0 Å². The van der Waals surface area contributed by atoms with Gasteiger partial charge in [-0.3, -0.25) is 0 Å². The van der Waals surface area contributed by atoms with E-state index in [0.29, 0.717) is 0 Å². The number of benzene rings is 15. The molecule has 0 spiro atoms. The third-order valence-corrected chi connectivity index (χ3v) is 19.6. The number of fused-ring (bicyclic) bond motifs is 12. The normalized spacial score (nSPS) is 11.9. The standard InChI is InChI=1S/C90H56N2/c1-4-16-57(17-5-1)60-32-36-62(37-33-60)75-53-81-77-30-10-11-31-85(77)91-86-43-40-73(51-78(86)82(54-75)89(81)91)70-28-14-25-67(48-70)65-23-13-24-66(47-65)68-26-15-29-71(49-68)74-42-45-88-80(52-74)84-56-76(63-38-34-61(35-39-63)58-18-6-2-7-19-58)55-83-79-50-72(41-44-87(79)92(88)90(83)84)69-27-12-22-64(46-69)59-20-8-3-9-21-59/h1-56H. The van der Waals surface area contributed by atoms with Crippen molar-refractivity contribution in [2.45, 2.75) is 0 Å². The van der Waals surface area contributed by atoms with Crippen LogP contribution in [0.2, 0.25) is 0 Å². The van der Waals surface area contributed by atoms with Gasteiger partial charge in [-0.1, -0.05) is 249 Å². The molecule has 19 aromatic rings. The van der Waals surface area contributed by atoms with Crippen LogP contribution in [0.4, 0.5) is 0 Å². The minimum absolute atomic E-state index is 1.18. The fraction of sp³-hybridized carbons (Fsp3) is 0.